The van der Waals surface area contributed by atoms with Gasteiger partial charge in [-0.05, 0) is 58.0 Å². The molecule has 0 saturated carbocycles. The Bertz CT molecular complexity index is 972. The topological polar surface area (TPSA) is 183 Å². The highest BCUT2D eigenvalue weighted by molar-refractivity contribution is 8.87. The van der Waals surface area contributed by atoms with Crippen LogP contribution in [0.1, 0.15) is 0 Å². The number of rotatable bonds is 8. The normalized spacial score (nSPS) is 11.4. The minimum absolute atomic E-state index is 0.296. The summed E-state index contributed by atoms with van der Waals surface area (Å²) < 4.78 is 0. The Balaban J connectivity index is 2.09. The summed E-state index contributed by atoms with van der Waals surface area (Å²) in [6, 6.07) is 14.7. The summed E-state index contributed by atoms with van der Waals surface area (Å²) in [5, 5.41) is 22.9. The maximum Gasteiger partial charge on any atom is 0.212 e. The third-order valence-electron chi connectivity index (χ3n) is 4.27. The fourth-order valence-corrected chi connectivity index (χ4v) is 4.28. The van der Waals surface area contributed by atoms with E-state index >= 15 is 0 Å². The molecule has 0 aliphatic carbocycles. The van der Waals surface area contributed by atoms with Crippen LogP contribution >= 0.6 is 21.6 Å². The molecule has 0 aliphatic heterocycles. The lowest BCUT2D eigenvalue weighted by molar-refractivity contribution is 1.00. The van der Waals surface area contributed by atoms with Gasteiger partial charge in [-0.3, -0.25) is 10.0 Å². The van der Waals surface area contributed by atoms with E-state index in [0.717, 1.165) is 33.0 Å². The van der Waals surface area contributed by atoms with Crippen LogP contribution in [-0.2, 0) is 0 Å². The molecular weight excluding hydrogens is 472 g/mol. The third kappa shape index (κ3) is 7.41. The van der Waals surface area contributed by atoms with Gasteiger partial charge in [0.15, 0.2) is 0 Å². The predicted octanol–water partition coefficient (Wildman–Crippen LogP) is 1.79. The molecule has 0 saturated heterocycles. The average molecular weight is 503 g/mol. The van der Waals surface area contributed by atoms with Crippen molar-refractivity contribution in [3.8, 4) is 0 Å². The maximum absolute atomic E-state index is 6.26. The Morgan fingerprint density at radius 3 is 1.47 bits per heavy atom. The summed E-state index contributed by atoms with van der Waals surface area (Å²) in [7, 11) is 5.82. The van der Waals surface area contributed by atoms with Crippen molar-refractivity contribution in [3.05, 3.63) is 73.3 Å². The molecule has 0 fully saturated rings. The summed E-state index contributed by atoms with van der Waals surface area (Å²) in [5.41, 5.74) is 2.86. The monoisotopic (exact) mass is 502 g/mol. The zero-order valence-electron chi connectivity index (χ0n) is 18.9. The Morgan fingerprint density at radius 1 is 0.765 bits per heavy atom. The van der Waals surface area contributed by atoms with E-state index in [4.69, 9.17) is 23.4 Å². The second-order valence-electron chi connectivity index (χ2n) is 6.54. The highest BCUT2D eigenvalue weighted by atomic mass is 33.1. The van der Waals surface area contributed by atoms with Gasteiger partial charge in [-0.2, -0.15) is 10.2 Å². The quantitative estimate of drug-likeness (QED) is 0.0862. The fourth-order valence-electron chi connectivity index (χ4n) is 2.48. The Kier molecular flexibility index (Phi) is 10.2. The van der Waals surface area contributed by atoms with Crippen LogP contribution in [0.15, 0.2) is 83.5 Å². The van der Waals surface area contributed by atoms with E-state index in [1.54, 1.807) is 14.1 Å². The second kappa shape index (κ2) is 13.1. The Morgan fingerprint density at radius 2 is 1.15 bits per heavy atom. The van der Waals surface area contributed by atoms with Crippen LogP contribution in [0.5, 0.6) is 0 Å². The molecule has 2 aromatic rings. The number of nitrogens with zero attached hydrogens (tertiary/aromatic N) is 4. The standard InChI is InChI=1S/C20H30N12S2/c1-13(25-3)27-15-7-5-9-17(11-15)31(23)19(29-21)33-34-20(30-22)32(24)18-10-6-8-16(12-18)28-14(2)26-4/h5-12,25-28H,1-2,21-24H2,3-4H3/b29-19+,30-20+. The van der Waals surface area contributed by atoms with Gasteiger partial charge in [0.2, 0.25) is 10.3 Å². The van der Waals surface area contributed by atoms with Crippen LogP contribution in [0, 0.1) is 0 Å². The fraction of sp³-hybridized carbons (Fsp3) is 0.100. The van der Waals surface area contributed by atoms with Crippen LogP contribution in [0.3, 0.4) is 0 Å². The first-order valence-corrected chi connectivity index (χ1v) is 11.9. The van der Waals surface area contributed by atoms with E-state index in [1.165, 1.54) is 10.0 Å². The number of nitrogens with two attached hydrogens (primary N) is 4. The van der Waals surface area contributed by atoms with Gasteiger partial charge >= 0.3 is 0 Å². The highest BCUT2D eigenvalue weighted by Crippen LogP contribution is 2.31. The minimum Gasteiger partial charge on any atom is -0.375 e. The van der Waals surface area contributed by atoms with E-state index in [-0.39, 0.29) is 0 Å². The largest absolute Gasteiger partial charge is 0.375 e. The lowest BCUT2D eigenvalue weighted by Gasteiger charge is -2.22. The van der Waals surface area contributed by atoms with Gasteiger partial charge in [0.25, 0.3) is 0 Å². The van der Waals surface area contributed by atoms with E-state index in [1.807, 2.05) is 48.5 Å². The van der Waals surface area contributed by atoms with Gasteiger partial charge < -0.3 is 33.0 Å². The number of hydrogen-bond donors (Lipinski definition) is 8. The lowest BCUT2D eigenvalue weighted by Crippen LogP contribution is -2.38. The van der Waals surface area contributed by atoms with Crippen molar-refractivity contribution in [2.24, 2.45) is 33.6 Å². The molecule has 14 heteroatoms. The Labute approximate surface area is 206 Å². The summed E-state index contributed by atoms with van der Waals surface area (Å²) >= 11 is 0. The van der Waals surface area contributed by atoms with Gasteiger partial charge in [-0.1, -0.05) is 25.3 Å². The lowest BCUT2D eigenvalue weighted by atomic mass is 10.2. The van der Waals surface area contributed by atoms with Crippen LogP contribution < -0.4 is 54.7 Å². The number of hydrazone groups is 2. The molecule has 12 nitrogen and oxygen atoms in total. The molecule has 0 atom stereocenters. The highest BCUT2D eigenvalue weighted by Gasteiger charge is 2.17. The van der Waals surface area contributed by atoms with Crippen LogP contribution in [0.25, 0.3) is 0 Å². The van der Waals surface area contributed by atoms with E-state index in [2.05, 4.69) is 44.6 Å². The summed E-state index contributed by atoms with van der Waals surface area (Å²) in [5.74, 6) is 25.0. The van der Waals surface area contributed by atoms with Crippen molar-refractivity contribution in [1.82, 2.24) is 10.6 Å². The predicted molar refractivity (Wildman–Crippen MR) is 148 cm³/mol. The molecule has 2 rings (SSSR count). The van der Waals surface area contributed by atoms with Crippen molar-refractivity contribution < 1.29 is 0 Å². The number of amidine groups is 2. The average Bonchev–Trinajstić information content (AvgIpc) is 2.86. The number of hydrazine groups is 2. The first-order chi connectivity index (χ1) is 16.3. The van der Waals surface area contributed by atoms with Crippen molar-refractivity contribution in [3.63, 3.8) is 0 Å². The molecule has 0 aliphatic rings. The Hall–Kier alpha value is -3.72. The molecule has 182 valence electrons. The van der Waals surface area contributed by atoms with Crippen molar-refractivity contribution in [1.29, 1.82) is 0 Å². The third-order valence-corrected chi connectivity index (χ3v) is 6.40. The van der Waals surface area contributed by atoms with Gasteiger partial charge in [0.05, 0.1) is 23.0 Å². The van der Waals surface area contributed by atoms with Crippen LogP contribution in [-0.4, -0.2) is 24.4 Å². The zero-order valence-corrected chi connectivity index (χ0v) is 20.6. The van der Waals surface area contributed by atoms with Gasteiger partial charge in [0, 0.05) is 25.5 Å². The molecule has 0 spiro atoms. The maximum atomic E-state index is 6.26. The van der Waals surface area contributed by atoms with Crippen LogP contribution in [0.4, 0.5) is 22.7 Å². The number of anilines is 4. The molecule has 12 N–H and O–H groups in total. The van der Waals surface area contributed by atoms with Crippen molar-refractivity contribution >= 4 is 54.7 Å². The number of nitrogens with one attached hydrogen (secondary N) is 4. The first kappa shape index (κ1) is 26.5. The van der Waals surface area contributed by atoms with E-state index in [0.29, 0.717) is 33.4 Å². The van der Waals surface area contributed by atoms with Crippen molar-refractivity contribution in [2.45, 2.75) is 0 Å². The molecule has 2 aromatic carbocycles. The van der Waals surface area contributed by atoms with E-state index < -0.39 is 0 Å². The molecule has 0 unspecified atom stereocenters. The molecule has 0 radical (unpaired) electrons. The smallest absolute Gasteiger partial charge is 0.212 e. The van der Waals surface area contributed by atoms with Gasteiger partial charge in [0.1, 0.15) is 0 Å². The van der Waals surface area contributed by atoms with Crippen LogP contribution in [0.2, 0.25) is 0 Å². The minimum atomic E-state index is 0.296. The zero-order chi connectivity index (χ0) is 25.1. The van der Waals surface area contributed by atoms with Gasteiger partial charge in [-0.15, -0.1) is 0 Å². The molecule has 0 amide bonds. The summed E-state index contributed by atoms with van der Waals surface area (Å²) in [4.78, 5) is 0. The molecule has 0 aromatic heterocycles. The second-order valence-corrected chi connectivity index (χ2v) is 8.60. The summed E-state index contributed by atoms with van der Waals surface area (Å²) in [6.45, 7) is 7.69. The SMILES string of the molecule is C=C(NC)Nc1cccc(N(N)/C(=N\N)SS/C(=N/N)N(N)c2cccc(NC(=C)NC)c2)c1. The number of hydrogen-bond acceptors (Lipinski definition) is 12. The van der Waals surface area contributed by atoms with Crippen molar-refractivity contribution in [2.75, 3.05) is 34.7 Å². The first-order valence-electron chi connectivity index (χ1n) is 9.80. The molecule has 0 bridgehead atoms. The molecular formula is C20H30N12S2. The molecule has 0 heterocycles. The molecule has 34 heavy (non-hydrogen) atoms. The van der Waals surface area contributed by atoms with Gasteiger partial charge in [-0.25, -0.2) is 11.7 Å². The van der Waals surface area contributed by atoms with E-state index in [9.17, 15) is 0 Å². The number of benzene rings is 2. The summed E-state index contributed by atoms with van der Waals surface area (Å²) in [6.07, 6.45) is 0.